The number of hydrogen-bond acceptors (Lipinski definition) is 4. The van der Waals surface area contributed by atoms with Crippen LogP contribution in [-0.2, 0) is 26.2 Å². The Labute approximate surface area is 224 Å². The molecule has 1 aliphatic carbocycles. The molecule has 2 aromatic carbocycles. The molecule has 0 bridgehead atoms. The molecule has 1 aliphatic rings. The van der Waals surface area contributed by atoms with Crippen molar-refractivity contribution in [2.75, 3.05) is 17.1 Å². The summed E-state index contributed by atoms with van der Waals surface area (Å²) < 4.78 is 40.1. The van der Waals surface area contributed by atoms with E-state index in [0.29, 0.717) is 28.3 Å². The smallest absolute Gasteiger partial charge is 0.244 e. The summed E-state index contributed by atoms with van der Waals surface area (Å²) in [6.45, 7) is 3.07. The van der Waals surface area contributed by atoms with Crippen molar-refractivity contribution in [3.63, 3.8) is 0 Å². The van der Waals surface area contributed by atoms with Crippen LogP contribution in [0.15, 0.2) is 42.5 Å². The van der Waals surface area contributed by atoms with Crippen molar-refractivity contribution in [2.45, 2.75) is 71.0 Å². The minimum Gasteiger partial charge on any atom is -0.352 e. The first-order valence-corrected chi connectivity index (χ1v) is 14.8. The molecule has 3 rings (SSSR count). The van der Waals surface area contributed by atoms with Crippen LogP contribution in [0, 0.1) is 12.7 Å². The predicted octanol–water partition coefficient (Wildman–Crippen LogP) is 4.81. The van der Waals surface area contributed by atoms with Gasteiger partial charge in [-0.15, -0.1) is 0 Å². The third-order valence-corrected chi connectivity index (χ3v) is 8.08. The monoisotopic (exact) mass is 551 g/mol. The number of rotatable bonds is 10. The zero-order chi connectivity index (χ0) is 27.2. The summed E-state index contributed by atoms with van der Waals surface area (Å²) in [4.78, 5) is 28.5. The van der Waals surface area contributed by atoms with Crippen molar-refractivity contribution in [3.8, 4) is 0 Å². The standard InChI is InChI=1S/C27H35ClFN3O4S/c1-4-24(27(34)30-23-8-6-5-7-9-23)31(17-20-11-14-22(29)15-12-20)26(33)18-32(37(3,35)36)25-16-21(28)13-10-19(25)2/h10-16,23-24H,4-9,17-18H2,1-3H3,(H,30,34)/t24-/m1/s1. The predicted molar refractivity (Wildman–Crippen MR) is 144 cm³/mol. The van der Waals surface area contributed by atoms with E-state index in [1.807, 2.05) is 6.92 Å². The topological polar surface area (TPSA) is 86.8 Å². The highest BCUT2D eigenvalue weighted by Crippen LogP contribution is 2.27. The van der Waals surface area contributed by atoms with Gasteiger partial charge in [0.2, 0.25) is 21.8 Å². The molecule has 202 valence electrons. The Morgan fingerprint density at radius 3 is 2.35 bits per heavy atom. The van der Waals surface area contributed by atoms with Gasteiger partial charge in [0.25, 0.3) is 0 Å². The molecule has 0 spiro atoms. The van der Waals surface area contributed by atoms with Gasteiger partial charge in [-0.3, -0.25) is 13.9 Å². The Bertz CT molecular complexity index is 1200. The van der Waals surface area contributed by atoms with Gasteiger partial charge in [-0.25, -0.2) is 12.8 Å². The molecule has 1 fully saturated rings. The van der Waals surface area contributed by atoms with Crippen molar-refractivity contribution in [1.82, 2.24) is 10.2 Å². The average Bonchev–Trinajstić information content (AvgIpc) is 2.85. The lowest BCUT2D eigenvalue weighted by molar-refractivity contribution is -0.140. The zero-order valence-corrected chi connectivity index (χ0v) is 23.1. The number of sulfonamides is 1. The van der Waals surface area contributed by atoms with Crippen molar-refractivity contribution in [2.24, 2.45) is 0 Å². The van der Waals surface area contributed by atoms with Crippen LogP contribution < -0.4 is 9.62 Å². The van der Waals surface area contributed by atoms with Crippen LogP contribution >= 0.6 is 11.6 Å². The van der Waals surface area contributed by atoms with E-state index in [4.69, 9.17) is 11.6 Å². The van der Waals surface area contributed by atoms with Gasteiger partial charge < -0.3 is 10.2 Å². The summed E-state index contributed by atoms with van der Waals surface area (Å²) >= 11 is 6.14. The van der Waals surface area contributed by atoms with E-state index in [1.165, 1.54) is 23.1 Å². The first-order valence-electron chi connectivity index (χ1n) is 12.6. The lowest BCUT2D eigenvalue weighted by Gasteiger charge is -2.34. The van der Waals surface area contributed by atoms with Gasteiger partial charge in [0.15, 0.2) is 0 Å². The largest absolute Gasteiger partial charge is 0.352 e. The molecular formula is C27H35ClFN3O4S. The average molecular weight is 552 g/mol. The van der Waals surface area contributed by atoms with Crippen LogP contribution in [0.3, 0.4) is 0 Å². The molecule has 0 unspecified atom stereocenters. The molecule has 1 saturated carbocycles. The first kappa shape index (κ1) is 28.9. The third-order valence-electron chi connectivity index (χ3n) is 6.72. The number of carbonyl (C=O) groups excluding carboxylic acids is 2. The SMILES string of the molecule is CC[C@H](C(=O)NC1CCCCC1)N(Cc1ccc(F)cc1)C(=O)CN(c1cc(Cl)ccc1C)S(C)(=O)=O. The second kappa shape index (κ2) is 12.7. The van der Waals surface area contributed by atoms with Gasteiger partial charge in [0.05, 0.1) is 11.9 Å². The Balaban J connectivity index is 1.93. The maximum absolute atomic E-state index is 13.8. The van der Waals surface area contributed by atoms with E-state index in [1.54, 1.807) is 31.2 Å². The maximum Gasteiger partial charge on any atom is 0.244 e. The molecule has 1 N–H and O–H groups in total. The fourth-order valence-corrected chi connectivity index (χ4v) is 5.76. The highest BCUT2D eigenvalue weighted by Gasteiger charge is 2.33. The van der Waals surface area contributed by atoms with Crippen molar-refractivity contribution >= 4 is 39.1 Å². The van der Waals surface area contributed by atoms with Gasteiger partial charge in [-0.1, -0.05) is 56.0 Å². The first-order chi connectivity index (χ1) is 17.5. The number of nitrogens with zero attached hydrogens (tertiary/aromatic N) is 2. The second-order valence-electron chi connectivity index (χ2n) is 9.62. The summed E-state index contributed by atoms with van der Waals surface area (Å²) in [7, 11) is -3.86. The molecule has 7 nitrogen and oxygen atoms in total. The zero-order valence-electron chi connectivity index (χ0n) is 21.5. The molecule has 37 heavy (non-hydrogen) atoms. The number of nitrogens with one attached hydrogen (secondary N) is 1. The Morgan fingerprint density at radius 1 is 1.11 bits per heavy atom. The number of carbonyl (C=O) groups is 2. The summed E-state index contributed by atoms with van der Waals surface area (Å²) in [6.07, 6.45) is 6.38. The number of anilines is 1. The highest BCUT2D eigenvalue weighted by molar-refractivity contribution is 7.92. The van der Waals surface area contributed by atoms with E-state index in [-0.39, 0.29) is 18.5 Å². The van der Waals surface area contributed by atoms with Gasteiger partial charge >= 0.3 is 0 Å². The van der Waals surface area contributed by atoms with Crippen LogP contribution in [0.2, 0.25) is 5.02 Å². The van der Waals surface area contributed by atoms with Crippen molar-refractivity contribution < 1.29 is 22.4 Å². The number of aryl methyl sites for hydroxylation is 1. The molecule has 2 aromatic rings. The van der Waals surface area contributed by atoms with Gasteiger partial charge in [-0.05, 0) is 61.6 Å². The minimum atomic E-state index is -3.86. The summed E-state index contributed by atoms with van der Waals surface area (Å²) in [6, 6.07) is 9.75. The lowest BCUT2D eigenvalue weighted by atomic mass is 9.95. The summed E-state index contributed by atoms with van der Waals surface area (Å²) in [5, 5.41) is 3.43. The number of amides is 2. The molecule has 0 aromatic heterocycles. The lowest BCUT2D eigenvalue weighted by Crippen LogP contribution is -2.54. The summed E-state index contributed by atoms with van der Waals surface area (Å²) in [5.74, 6) is -1.22. The Morgan fingerprint density at radius 2 is 1.76 bits per heavy atom. The van der Waals surface area contributed by atoms with E-state index in [0.717, 1.165) is 42.7 Å². The fourth-order valence-electron chi connectivity index (χ4n) is 4.70. The van der Waals surface area contributed by atoms with Crippen molar-refractivity contribution in [3.05, 3.63) is 64.4 Å². The number of hydrogen-bond donors (Lipinski definition) is 1. The van der Waals surface area contributed by atoms with E-state index in [9.17, 15) is 22.4 Å². The Kier molecular flexibility index (Phi) is 9.95. The van der Waals surface area contributed by atoms with Gasteiger partial charge in [-0.2, -0.15) is 0 Å². The van der Waals surface area contributed by atoms with Gasteiger partial charge in [0, 0.05) is 17.6 Å². The van der Waals surface area contributed by atoms with E-state index in [2.05, 4.69) is 5.32 Å². The number of benzene rings is 2. The van der Waals surface area contributed by atoms with E-state index >= 15 is 0 Å². The molecule has 10 heteroatoms. The van der Waals surface area contributed by atoms with E-state index < -0.39 is 34.3 Å². The van der Waals surface area contributed by atoms with Gasteiger partial charge in [0.1, 0.15) is 18.4 Å². The Hall–Kier alpha value is -2.65. The molecule has 0 saturated heterocycles. The highest BCUT2D eigenvalue weighted by atomic mass is 35.5. The molecule has 0 aliphatic heterocycles. The third kappa shape index (κ3) is 7.92. The number of halogens is 2. The van der Waals surface area contributed by atoms with Crippen LogP contribution in [-0.4, -0.2) is 50.0 Å². The maximum atomic E-state index is 13.8. The van der Waals surface area contributed by atoms with Crippen LogP contribution in [0.4, 0.5) is 10.1 Å². The normalized spacial score (nSPS) is 15.2. The quantitative estimate of drug-likeness (QED) is 0.459. The fraction of sp³-hybridized carbons (Fsp3) is 0.481. The summed E-state index contributed by atoms with van der Waals surface area (Å²) in [5.41, 5.74) is 1.56. The van der Waals surface area contributed by atoms with Crippen LogP contribution in [0.25, 0.3) is 0 Å². The van der Waals surface area contributed by atoms with Crippen LogP contribution in [0.1, 0.15) is 56.6 Å². The molecular weight excluding hydrogens is 517 g/mol. The molecule has 1 atom stereocenters. The second-order valence-corrected chi connectivity index (χ2v) is 12.0. The van der Waals surface area contributed by atoms with Crippen LogP contribution in [0.5, 0.6) is 0 Å². The molecule has 2 amide bonds. The van der Waals surface area contributed by atoms with Crippen molar-refractivity contribution in [1.29, 1.82) is 0 Å². The molecule has 0 heterocycles. The molecule has 0 radical (unpaired) electrons. The minimum absolute atomic E-state index is 0.0296.